The minimum Gasteiger partial charge on any atom is -0.367 e. The van der Waals surface area contributed by atoms with Crippen LogP contribution in [0.25, 0.3) is 21.1 Å². The first-order valence-corrected chi connectivity index (χ1v) is 11.9. The molecule has 5 rings (SSSR count). The number of aryl methyl sites for hydroxylation is 1. The normalized spacial score (nSPS) is 15.7. The number of likely N-dealkylation sites (tertiary alicyclic amines) is 1. The van der Waals surface area contributed by atoms with Crippen LogP contribution in [0.5, 0.6) is 0 Å². The van der Waals surface area contributed by atoms with E-state index in [-0.39, 0.29) is 10.9 Å². The predicted molar refractivity (Wildman–Crippen MR) is 127 cm³/mol. The number of anilines is 1. The van der Waals surface area contributed by atoms with E-state index in [9.17, 15) is 13.2 Å². The largest absolute Gasteiger partial charge is 0.393 e. The number of aromatic nitrogens is 3. The molecule has 0 amide bonds. The highest BCUT2D eigenvalue weighted by molar-refractivity contribution is 7.18. The summed E-state index contributed by atoms with van der Waals surface area (Å²) in [6.45, 7) is 4.74. The highest BCUT2D eigenvalue weighted by Crippen LogP contribution is 2.33. The number of benzene rings is 1. The standard InChI is InChI=1S/C24H23F3N6S/c1-14-15(2-3-21-19(14)8-17(11-28)31-21)12-33-6-4-16(5-7-33)32-22-20-9-18(10-24(25,26)27)34-23(20)30-13-29-22/h2-3,8-9,13,16,31H,4-7,10,12H2,1H3,(H,29,30,32). The fraction of sp³-hybridized carbons (Fsp3) is 0.375. The first kappa shape index (κ1) is 22.6. The third-order valence-corrected chi connectivity index (χ3v) is 7.43. The van der Waals surface area contributed by atoms with Crippen molar-refractivity contribution >= 4 is 38.3 Å². The van der Waals surface area contributed by atoms with Crippen LogP contribution in [0.15, 0.2) is 30.6 Å². The van der Waals surface area contributed by atoms with Crippen LogP contribution in [-0.2, 0) is 13.0 Å². The summed E-state index contributed by atoms with van der Waals surface area (Å²) in [5.74, 6) is 0.607. The van der Waals surface area contributed by atoms with Crippen molar-refractivity contribution in [2.24, 2.45) is 0 Å². The van der Waals surface area contributed by atoms with Gasteiger partial charge in [-0.2, -0.15) is 18.4 Å². The number of H-pyrrole nitrogens is 1. The quantitative estimate of drug-likeness (QED) is 0.389. The lowest BCUT2D eigenvalue weighted by Crippen LogP contribution is -2.38. The summed E-state index contributed by atoms with van der Waals surface area (Å²) in [6.07, 6.45) is -1.95. The van der Waals surface area contributed by atoms with Crippen molar-refractivity contribution in [2.75, 3.05) is 18.4 Å². The van der Waals surface area contributed by atoms with Crippen molar-refractivity contribution in [1.29, 1.82) is 5.26 Å². The summed E-state index contributed by atoms with van der Waals surface area (Å²) in [4.78, 5) is 14.8. The van der Waals surface area contributed by atoms with Crippen LogP contribution in [0, 0.1) is 18.3 Å². The van der Waals surface area contributed by atoms with Gasteiger partial charge in [0.1, 0.15) is 28.7 Å². The molecular formula is C24H23F3N6S. The summed E-state index contributed by atoms with van der Waals surface area (Å²) >= 11 is 1.07. The monoisotopic (exact) mass is 484 g/mol. The molecule has 0 bridgehead atoms. The lowest BCUT2D eigenvalue weighted by Gasteiger charge is -2.33. The third-order valence-electron chi connectivity index (χ3n) is 6.38. The summed E-state index contributed by atoms with van der Waals surface area (Å²) < 4.78 is 38.4. The number of alkyl halides is 3. The molecular weight excluding hydrogens is 461 g/mol. The molecule has 1 aromatic carbocycles. The first-order valence-electron chi connectivity index (χ1n) is 11.1. The molecule has 1 saturated heterocycles. The van der Waals surface area contributed by atoms with E-state index in [1.165, 1.54) is 17.5 Å². The van der Waals surface area contributed by atoms with Crippen molar-refractivity contribution in [3.63, 3.8) is 0 Å². The molecule has 0 atom stereocenters. The van der Waals surface area contributed by atoms with E-state index in [0.29, 0.717) is 21.7 Å². The van der Waals surface area contributed by atoms with Crippen LogP contribution in [0.1, 0.15) is 34.5 Å². The maximum Gasteiger partial charge on any atom is 0.393 e. The van der Waals surface area contributed by atoms with Crippen molar-refractivity contribution in [3.8, 4) is 6.07 Å². The highest BCUT2D eigenvalue weighted by Gasteiger charge is 2.29. The van der Waals surface area contributed by atoms with E-state index >= 15 is 0 Å². The van der Waals surface area contributed by atoms with Crippen LogP contribution in [0.2, 0.25) is 0 Å². The Bertz CT molecular complexity index is 1380. The Morgan fingerprint density at radius 1 is 1.21 bits per heavy atom. The van der Waals surface area contributed by atoms with E-state index in [1.54, 1.807) is 6.07 Å². The van der Waals surface area contributed by atoms with Crippen molar-refractivity contribution < 1.29 is 13.2 Å². The van der Waals surface area contributed by atoms with Crippen LogP contribution >= 0.6 is 11.3 Å². The maximum absolute atomic E-state index is 12.8. The number of aromatic amines is 1. The number of hydrogen-bond donors (Lipinski definition) is 2. The van der Waals surface area contributed by atoms with Crippen molar-refractivity contribution in [2.45, 2.75) is 44.9 Å². The second-order valence-electron chi connectivity index (χ2n) is 8.75. The zero-order valence-electron chi connectivity index (χ0n) is 18.5. The Kier molecular flexibility index (Phi) is 5.91. The number of nitrogens with zero attached hydrogens (tertiary/aromatic N) is 4. The molecule has 6 nitrogen and oxygen atoms in total. The molecule has 1 aliphatic rings. The predicted octanol–water partition coefficient (Wildman–Crippen LogP) is 5.53. The van der Waals surface area contributed by atoms with Gasteiger partial charge >= 0.3 is 6.18 Å². The van der Waals surface area contributed by atoms with Gasteiger partial charge in [-0.3, -0.25) is 4.90 Å². The molecule has 4 heterocycles. The summed E-state index contributed by atoms with van der Waals surface area (Å²) in [6, 6.07) is 9.97. The number of hydrogen-bond acceptors (Lipinski definition) is 6. The second-order valence-corrected chi connectivity index (χ2v) is 9.86. The van der Waals surface area contributed by atoms with Gasteiger partial charge in [0.25, 0.3) is 0 Å². The number of nitrogens with one attached hydrogen (secondary N) is 2. The van der Waals surface area contributed by atoms with Gasteiger partial charge in [-0.05, 0) is 49.1 Å². The van der Waals surface area contributed by atoms with Gasteiger partial charge in [0.2, 0.25) is 0 Å². The van der Waals surface area contributed by atoms with Gasteiger partial charge in [0.05, 0.1) is 11.8 Å². The number of rotatable bonds is 5. The topological polar surface area (TPSA) is 80.6 Å². The van der Waals surface area contributed by atoms with E-state index in [4.69, 9.17) is 5.26 Å². The van der Waals surface area contributed by atoms with E-state index in [2.05, 4.69) is 44.2 Å². The molecule has 0 saturated carbocycles. The molecule has 3 aromatic heterocycles. The van der Waals surface area contributed by atoms with Gasteiger partial charge in [-0.25, -0.2) is 9.97 Å². The Morgan fingerprint density at radius 3 is 2.74 bits per heavy atom. The minimum atomic E-state index is -4.24. The SMILES string of the molecule is Cc1c(CN2CCC(Nc3ncnc4sc(CC(F)(F)F)cc34)CC2)ccc2[nH]c(C#N)cc12. The molecule has 176 valence electrons. The lowest BCUT2D eigenvalue weighted by atomic mass is 10.0. The van der Waals surface area contributed by atoms with E-state index < -0.39 is 12.6 Å². The van der Waals surface area contributed by atoms with Crippen LogP contribution in [-0.4, -0.2) is 45.2 Å². The molecule has 0 aliphatic carbocycles. The first-order chi connectivity index (χ1) is 16.3. The van der Waals surface area contributed by atoms with Crippen LogP contribution < -0.4 is 5.32 Å². The molecule has 0 spiro atoms. The summed E-state index contributed by atoms with van der Waals surface area (Å²) in [5, 5.41) is 14.3. The van der Waals surface area contributed by atoms with E-state index in [1.807, 2.05) is 12.1 Å². The smallest absolute Gasteiger partial charge is 0.367 e. The number of piperidine rings is 1. The Balaban J connectivity index is 1.23. The highest BCUT2D eigenvalue weighted by atomic mass is 32.1. The number of thiophene rings is 1. The number of fused-ring (bicyclic) bond motifs is 2. The molecule has 1 aliphatic heterocycles. The molecule has 4 aromatic rings. The molecule has 34 heavy (non-hydrogen) atoms. The third kappa shape index (κ3) is 4.72. The van der Waals surface area contributed by atoms with E-state index in [0.717, 1.165) is 54.7 Å². The molecule has 0 unspecified atom stereocenters. The second kappa shape index (κ2) is 8.89. The molecule has 10 heteroatoms. The molecule has 2 N–H and O–H groups in total. The summed E-state index contributed by atoms with van der Waals surface area (Å²) in [7, 11) is 0. The van der Waals surface area contributed by atoms with Crippen LogP contribution in [0.4, 0.5) is 19.0 Å². The number of nitriles is 1. The Labute approximate surface area is 198 Å². The zero-order valence-corrected chi connectivity index (χ0v) is 19.4. The van der Waals surface area contributed by atoms with Crippen molar-refractivity contribution in [1.82, 2.24) is 19.9 Å². The maximum atomic E-state index is 12.8. The van der Waals surface area contributed by atoms with Crippen LogP contribution in [0.3, 0.4) is 0 Å². The van der Waals surface area contributed by atoms with Gasteiger partial charge < -0.3 is 10.3 Å². The van der Waals surface area contributed by atoms with Gasteiger partial charge in [0, 0.05) is 41.5 Å². The van der Waals surface area contributed by atoms with Gasteiger partial charge in [-0.15, -0.1) is 11.3 Å². The zero-order chi connectivity index (χ0) is 23.9. The fourth-order valence-electron chi connectivity index (χ4n) is 4.60. The molecule has 0 radical (unpaired) electrons. The average molecular weight is 485 g/mol. The summed E-state index contributed by atoms with van der Waals surface area (Å²) in [5.41, 5.74) is 3.97. The fourth-order valence-corrected chi connectivity index (χ4v) is 5.63. The number of halogens is 3. The lowest BCUT2D eigenvalue weighted by molar-refractivity contribution is -0.126. The molecule has 1 fully saturated rings. The Hall–Kier alpha value is -3.16. The van der Waals surface area contributed by atoms with Crippen molar-refractivity contribution in [3.05, 3.63) is 52.3 Å². The average Bonchev–Trinajstić information content (AvgIpc) is 3.40. The van der Waals surface area contributed by atoms with Gasteiger partial charge in [-0.1, -0.05) is 6.07 Å². The van der Waals surface area contributed by atoms with Gasteiger partial charge in [0.15, 0.2) is 0 Å². The Morgan fingerprint density at radius 2 is 2.00 bits per heavy atom. The minimum absolute atomic E-state index is 0.201.